The third-order valence-electron chi connectivity index (χ3n) is 8.38. The number of rotatable bonds is 8. The molecule has 3 aromatic rings. The molecule has 2 atom stereocenters. The highest BCUT2D eigenvalue weighted by Gasteiger charge is 2.36. The maximum Gasteiger partial charge on any atom is 0.264 e. The molecule has 42 heavy (non-hydrogen) atoms. The molecule has 10 nitrogen and oxygen atoms in total. The molecule has 2 aliphatic heterocycles. The Kier molecular flexibility index (Phi) is 8.00. The van der Waals surface area contributed by atoms with E-state index >= 15 is 0 Å². The number of sulfonamides is 1. The number of fused-ring (bicyclic) bond motifs is 1. The molecule has 3 aliphatic rings. The molecule has 12 heteroatoms. The number of carbonyl (C=O) groups is 1. The molecule has 1 saturated heterocycles. The third kappa shape index (κ3) is 5.78. The van der Waals surface area contributed by atoms with Crippen LogP contribution in [0.25, 0.3) is 0 Å². The maximum absolute atomic E-state index is 13.5. The van der Waals surface area contributed by atoms with Crippen LogP contribution in [0.15, 0.2) is 66.0 Å². The average molecular weight is 595 g/mol. The highest BCUT2D eigenvalue weighted by Crippen LogP contribution is 2.34. The van der Waals surface area contributed by atoms with Gasteiger partial charge in [0.25, 0.3) is 10.0 Å². The molecule has 1 fully saturated rings. The number of hydrogen-bond donors (Lipinski definition) is 1. The van der Waals surface area contributed by atoms with Crippen molar-refractivity contribution in [2.24, 2.45) is 0 Å². The molecule has 0 unspecified atom stereocenters. The van der Waals surface area contributed by atoms with Crippen LogP contribution in [0.5, 0.6) is 5.75 Å². The van der Waals surface area contributed by atoms with Gasteiger partial charge in [0.15, 0.2) is 0 Å². The molecule has 1 aromatic heterocycles. The zero-order valence-corrected chi connectivity index (χ0v) is 24.3. The molecule has 0 bridgehead atoms. The fourth-order valence-corrected chi connectivity index (χ4v) is 7.55. The van der Waals surface area contributed by atoms with Crippen LogP contribution in [0.2, 0.25) is 0 Å². The van der Waals surface area contributed by atoms with E-state index in [-0.39, 0.29) is 17.4 Å². The van der Waals surface area contributed by atoms with Gasteiger partial charge in [-0.3, -0.25) is 14.0 Å². The van der Waals surface area contributed by atoms with Gasteiger partial charge in [-0.15, -0.1) is 5.10 Å². The fourth-order valence-electron chi connectivity index (χ4n) is 6.10. The van der Waals surface area contributed by atoms with Gasteiger partial charge in [-0.05, 0) is 73.1 Å². The van der Waals surface area contributed by atoms with E-state index in [1.165, 1.54) is 48.3 Å². The van der Waals surface area contributed by atoms with Crippen molar-refractivity contribution >= 4 is 15.9 Å². The minimum Gasteiger partial charge on any atom is -0.497 e. The first-order valence-electron chi connectivity index (χ1n) is 14.4. The number of piperidine rings is 1. The number of alkyl halides is 1. The summed E-state index contributed by atoms with van der Waals surface area (Å²) in [6.07, 6.45) is 8.01. The maximum atomic E-state index is 13.5. The van der Waals surface area contributed by atoms with Gasteiger partial charge in [-0.1, -0.05) is 23.4 Å². The Balaban J connectivity index is 1.19. The Bertz CT molecular complexity index is 1570. The number of nitrogens with one attached hydrogen (secondary N) is 1. The number of benzene rings is 2. The molecule has 2 aromatic carbocycles. The second kappa shape index (κ2) is 11.8. The van der Waals surface area contributed by atoms with Crippen molar-refractivity contribution in [1.82, 2.24) is 29.5 Å². The van der Waals surface area contributed by atoms with Gasteiger partial charge < -0.3 is 10.1 Å². The highest BCUT2D eigenvalue weighted by atomic mass is 32.2. The predicted molar refractivity (Wildman–Crippen MR) is 154 cm³/mol. The van der Waals surface area contributed by atoms with Crippen LogP contribution in [0.4, 0.5) is 4.39 Å². The topological polar surface area (TPSA) is 110 Å². The van der Waals surface area contributed by atoms with Gasteiger partial charge in [-0.25, -0.2) is 17.5 Å². The van der Waals surface area contributed by atoms with Crippen LogP contribution in [0.1, 0.15) is 54.1 Å². The zero-order valence-electron chi connectivity index (χ0n) is 23.5. The number of aryl methyl sites for hydroxylation is 1. The summed E-state index contributed by atoms with van der Waals surface area (Å²) in [4.78, 5) is 15.3. The van der Waals surface area contributed by atoms with Crippen LogP contribution in [0.3, 0.4) is 0 Å². The van der Waals surface area contributed by atoms with E-state index in [1.807, 2.05) is 10.9 Å². The van der Waals surface area contributed by atoms with Gasteiger partial charge in [0.05, 0.1) is 23.7 Å². The smallest absolute Gasteiger partial charge is 0.264 e. The first-order valence-corrected chi connectivity index (χ1v) is 15.8. The lowest BCUT2D eigenvalue weighted by molar-refractivity contribution is -0.124. The summed E-state index contributed by atoms with van der Waals surface area (Å²) in [5.41, 5.74) is 4.25. The number of aromatic nitrogens is 3. The molecule has 1 N–H and O–H groups in total. The van der Waals surface area contributed by atoms with Gasteiger partial charge in [0, 0.05) is 44.7 Å². The molecule has 6 rings (SSSR count). The SMILES string of the molecule is COc1ccc(S(=O)(=O)N2C=CNC(=O)[C@H]2Cc2cn([C@@H]3CCCc4cc(CN5CCC(F)CC5)ccc43)nn2)cc1. The number of amides is 1. The lowest BCUT2D eigenvalue weighted by Crippen LogP contribution is -2.50. The monoisotopic (exact) mass is 594 g/mol. The second-order valence-electron chi connectivity index (χ2n) is 11.1. The van der Waals surface area contributed by atoms with Gasteiger partial charge in [-0.2, -0.15) is 0 Å². The number of nitrogens with zero attached hydrogens (tertiary/aromatic N) is 5. The standard InChI is InChI=1S/C30H35FN6O4S/c1-41-25-6-8-26(9-7-25)42(39,40)37-16-13-32-30(38)29(37)18-24-20-36(34-33-24)28-4-2-3-22-17-21(5-10-27(22)28)19-35-14-11-23(31)12-15-35/h5-10,13,16-17,20,23,28-29H,2-4,11-12,14-15,18-19H2,1H3,(H,32,38)/t28-,29-/m1/s1. The van der Waals surface area contributed by atoms with Gasteiger partial charge in [0.2, 0.25) is 5.91 Å². The highest BCUT2D eigenvalue weighted by molar-refractivity contribution is 7.89. The van der Waals surface area contributed by atoms with Crippen molar-refractivity contribution < 1.29 is 22.3 Å². The number of halogens is 1. The summed E-state index contributed by atoms with van der Waals surface area (Å²) in [6.45, 7) is 2.40. The minimum absolute atomic E-state index is 0.00513. The van der Waals surface area contributed by atoms with E-state index in [1.54, 1.807) is 12.1 Å². The predicted octanol–water partition coefficient (Wildman–Crippen LogP) is 3.35. The normalized spacial score (nSPS) is 21.7. The molecule has 0 radical (unpaired) electrons. The van der Waals surface area contributed by atoms with Crippen molar-refractivity contribution in [3.63, 3.8) is 0 Å². The summed E-state index contributed by atoms with van der Waals surface area (Å²) in [6, 6.07) is 11.6. The number of carbonyl (C=O) groups excluding carboxylic acids is 1. The van der Waals surface area contributed by atoms with E-state index in [9.17, 15) is 17.6 Å². The van der Waals surface area contributed by atoms with E-state index in [0.717, 1.165) is 43.2 Å². The van der Waals surface area contributed by atoms with E-state index in [0.29, 0.717) is 24.3 Å². The van der Waals surface area contributed by atoms with Gasteiger partial charge >= 0.3 is 0 Å². The average Bonchev–Trinajstić information content (AvgIpc) is 3.47. The number of methoxy groups -OCH3 is 1. The molecule has 0 spiro atoms. The van der Waals surface area contributed by atoms with Crippen LogP contribution in [-0.4, -0.2) is 70.9 Å². The third-order valence-corrected chi connectivity index (χ3v) is 10.2. The summed E-state index contributed by atoms with van der Waals surface area (Å²) < 4.78 is 48.6. The molecule has 222 valence electrons. The quantitative estimate of drug-likeness (QED) is 0.426. The molecule has 0 saturated carbocycles. The fraction of sp³-hybridized carbons (Fsp3) is 0.433. The Morgan fingerprint density at radius 3 is 2.64 bits per heavy atom. The van der Waals surface area contributed by atoms with Crippen LogP contribution >= 0.6 is 0 Å². The zero-order chi connectivity index (χ0) is 29.3. The molecular formula is C30H35FN6O4S. The largest absolute Gasteiger partial charge is 0.497 e. The van der Waals surface area contributed by atoms with E-state index in [4.69, 9.17) is 4.74 Å². The first kappa shape index (κ1) is 28.4. The van der Waals surface area contributed by atoms with Crippen LogP contribution in [0, 0.1) is 0 Å². The van der Waals surface area contributed by atoms with Gasteiger partial charge in [0.1, 0.15) is 18.0 Å². The first-order chi connectivity index (χ1) is 20.3. The molecule has 3 heterocycles. The van der Waals surface area contributed by atoms with Crippen LogP contribution in [-0.2, 0) is 34.2 Å². The summed E-state index contributed by atoms with van der Waals surface area (Å²) in [5, 5.41) is 11.4. The molecule has 1 aliphatic carbocycles. The van der Waals surface area contributed by atoms with E-state index in [2.05, 4.69) is 38.7 Å². The Morgan fingerprint density at radius 1 is 1.10 bits per heavy atom. The van der Waals surface area contributed by atoms with Crippen molar-refractivity contribution in [3.05, 3.63) is 83.4 Å². The summed E-state index contributed by atoms with van der Waals surface area (Å²) >= 11 is 0. The number of likely N-dealkylation sites (tertiary alicyclic amines) is 1. The van der Waals surface area contributed by atoms with Crippen LogP contribution < -0.4 is 10.1 Å². The number of ether oxygens (including phenoxy) is 1. The molecular weight excluding hydrogens is 559 g/mol. The second-order valence-corrected chi connectivity index (χ2v) is 13.0. The van der Waals surface area contributed by atoms with E-state index < -0.39 is 28.1 Å². The summed E-state index contributed by atoms with van der Waals surface area (Å²) in [5.74, 6) is 0.100. The summed E-state index contributed by atoms with van der Waals surface area (Å²) in [7, 11) is -2.50. The van der Waals surface area contributed by atoms with Crippen molar-refractivity contribution in [1.29, 1.82) is 0 Å². The molecule has 1 amide bonds. The van der Waals surface area contributed by atoms with Crippen molar-refractivity contribution in [2.75, 3.05) is 20.2 Å². The van der Waals surface area contributed by atoms with Crippen molar-refractivity contribution in [3.8, 4) is 5.75 Å². The number of hydrogen-bond acceptors (Lipinski definition) is 7. The Hall–Kier alpha value is -3.77. The minimum atomic E-state index is -4.01. The lowest BCUT2D eigenvalue weighted by atomic mass is 9.86. The lowest BCUT2D eigenvalue weighted by Gasteiger charge is -2.31. The Morgan fingerprint density at radius 2 is 1.88 bits per heavy atom. The Labute approximate surface area is 245 Å². The van der Waals surface area contributed by atoms with Crippen molar-refractivity contribution in [2.45, 2.75) is 68.2 Å².